The fourth-order valence-corrected chi connectivity index (χ4v) is 2.03. The normalized spacial score (nSPS) is 18.1. The van der Waals surface area contributed by atoms with Gasteiger partial charge in [0.15, 0.2) is 0 Å². The van der Waals surface area contributed by atoms with Crippen molar-refractivity contribution in [3.05, 3.63) is 0 Å². The highest BCUT2D eigenvalue weighted by atomic mass is 16.4. The monoisotopic (exact) mass is 198 g/mol. The van der Waals surface area contributed by atoms with Crippen molar-refractivity contribution in [1.29, 1.82) is 0 Å². The van der Waals surface area contributed by atoms with Crippen molar-refractivity contribution in [2.24, 2.45) is 11.8 Å². The van der Waals surface area contributed by atoms with E-state index in [0.29, 0.717) is 5.92 Å². The molecule has 0 saturated heterocycles. The van der Waals surface area contributed by atoms with Gasteiger partial charge in [0.25, 0.3) is 0 Å². The highest BCUT2D eigenvalue weighted by Crippen LogP contribution is 2.39. The molecule has 0 spiro atoms. The van der Waals surface area contributed by atoms with Gasteiger partial charge >= 0.3 is 5.97 Å². The van der Waals surface area contributed by atoms with Gasteiger partial charge in [-0.15, -0.1) is 0 Å². The minimum Gasteiger partial charge on any atom is -0.481 e. The van der Waals surface area contributed by atoms with Crippen LogP contribution in [0.25, 0.3) is 0 Å². The SMILES string of the molecule is CCCCCCCC(C(=O)O)C1CC1. The molecule has 0 aromatic heterocycles. The zero-order chi connectivity index (χ0) is 10.4. The second-order valence-electron chi connectivity index (χ2n) is 4.49. The third-order valence-corrected chi connectivity index (χ3v) is 3.13. The second-order valence-corrected chi connectivity index (χ2v) is 4.49. The number of hydrogen-bond acceptors (Lipinski definition) is 1. The Hall–Kier alpha value is -0.530. The highest BCUT2D eigenvalue weighted by Gasteiger charge is 2.35. The molecule has 0 heterocycles. The second kappa shape index (κ2) is 6.05. The molecule has 14 heavy (non-hydrogen) atoms. The summed E-state index contributed by atoms with van der Waals surface area (Å²) in [4.78, 5) is 10.9. The maximum absolute atomic E-state index is 10.9. The van der Waals surface area contributed by atoms with E-state index < -0.39 is 5.97 Å². The predicted molar refractivity (Wildman–Crippen MR) is 57.2 cm³/mol. The summed E-state index contributed by atoms with van der Waals surface area (Å²) >= 11 is 0. The van der Waals surface area contributed by atoms with Gasteiger partial charge in [0.05, 0.1) is 5.92 Å². The lowest BCUT2D eigenvalue weighted by molar-refractivity contribution is -0.142. The van der Waals surface area contributed by atoms with Gasteiger partial charge in [0, 0.05) is 0 Å². The van der Waals surface area contributed by atoms with Crippen LogP contribution in [0.15, 0.2) is 0 Å². The third kappa shape index (κ3) is 4.12. The van der Waals surface area contributed by atoms with Crippen molar-refractivity contribution in [1.82, 2.24) is 0 Å². The van der Waals surface area contributed by atoms with E-state index in [-0.39, 0.29) is 5.92 Å². The molecule has 1 atom stereocenters. The fourth-order valence-electron chi connectivity index (χ4n) is 2.03. The molecule has 0 amide bonds. The van der Waals surface area contributed by atoms with E-state index in [0.717, 1.165) is 25.7 Å². The number of carboxylic acid groups (broad SMARTS) is 1. The lowest BCUT2D eigenvalue weighted by Gasteiger charge is -2.10. The first-order chi connectivity index (χ1) is 6.75. The number of aliphatic carboxylic acids is 1. The van der Waals surface area contributed by atoms with Crippen LogP contribution in [0.3, 0.4) is 0 Å². The lowest BCUT2D eigenvalue weighted by atomic mass is 9.96. The number of hydrogen-bond donors (Lipinski definition) is 1. The minimum absolute atomic E-state index is 0.0309. The summed E-state index contributed by atoms with van der Waals surface area (Å²) in [5.74, 6) is -0.0849. The summed E-state index contributed by atoms with van der Waals surface area (Å²) < 4.78 is 0. The molecule has 0 aromatic rings. The van der Waals surface area contributed by atoms with Crippen LogP contribution in [0.4, 0.5) is 0 Å². The summed E-state index contributed by atoms with van der Waals surface area (Å²) in [6.07, 6.45) is 9.33. The Morgan fingerprint density at radius 2 is 1.93 bits per heavy atom. The van der Waals surface area contributed by atoms with Crippen LogP contribution >= 0.6 is 0 Å². The van der Waals surface area contributed by atoms with Crippen LogP contribution in [0.1, 0.15) is 58.3 Å². The average molecular weight is 198 g/mol. The molecular formula is C12H22O2. The van der Waals surface area contributed by atoms with Crippen LogP contribution < -0.4 is 0 Å². The molecule has 1 aliphatic rings. The fraction of sp³-hybridized carbons (Fsp3) is 0.917. The summed E-state index contributed by atoms with van der Waals surface area (Å²) in [5.41, 5.74) is 0. The Balaban J connectivity index is 2.05. The van der Waals surface area contributed by atoms with Gasteiger partial charge in [-0.3, -0.25) is 4.79 Å². The quantitative estimate of drug-likeness (QED) is 0.606. The van der Waals surface area contributed by atoms with Gasteiger partial charge in [-0.1, -0.05) is 39.0 Å². The largest absolute Gasteiger partial charge is 0.481 e. The van der Waals surface area contributed by atoms with Gasteiger partial charge in [-0.25, -0.2) is 0 Å². The molecule has 0 aromatic carbocycles. The van der Waals surface area contributed by atoms with Crippen molar-refractivity contribution in [2.45, 2.75) is 58.3 Å². The number of carboxylic acids is 1. The van der Waals surface area contributed by atoms with E-state index in [2.05, 4.69) is 6.92 Å². The van der Waals surface area contributed by atoms with E-state index in [1.54, 1.807) is 0 Å². The molecule has 1 unspecified atom stereocenters. The molecule has 0 radical (unpaired) electrons. The van der Waals surface area contributed by atoms with Crippen LogP contribution in [0.2, 0.25) is 0 Å². The number of rotatable bonds is 8. The van der Waals surface area contributed by atoms with E-state index in [9.17, 15) is 4.79 Å². The van der Waals surface area contributed by atoms with Gasteiger partial charge in [-0.2, -0.15) is 0 Å². The molecule has 1 saturated carbocycles. The molecule has 1 aliphatic carbocycles. The van der Waals surface area contributed by atoms with E-state index >= 15 is 0 Å². The summed E-state index contributed by atoms with van der Waals surface area (Å²) in [5, 5.41) is 8.99. The Morgan fingerprint density at radius 1 is 1.29 bits per heavy atom. The van der Waals surface area contributed by atoms with Crippen molar-refractivity contribution < 1.29 is 9.90 Å². The van der Waals surface area contributed by atoms with Crippen LogP contribution in [-0.4, -0.2) is 11.1 Å². The predicted octanol–water partition coefficient (Wildman–Crippen LogP) is 3.46. The molecule has 1 rings (SSSR count). The van der Waals surface area contributed by atoms with Crippen LogP contribution in [0, 0.1) is 11.8 Å². The third-order valence-electron chi connectivity index (χ3n) is 3.13. The van der Waals surface area contributed by atoms with Crippen LogP contribution in [-0.2, 0) is 4.79 Å². The van der Waals surface area contributed by atoms with Crippen molar-refractivity contribution in [2.75, 3.05) is 0 Å². The van der Waals surface area contributed by atoms with E-state index in [1.165, 1.54) is 25.7 Å². The zero-order valence-electron chi connectivity index (χ0n) is 9.17. The molecule has 2 nitrogen and oxygen atoms in total. The van der Waals surface area contributed by atoms with E-state index in [1.807, 2.05) is 0 Å². The van der Waals surface area contributed by atoms with Gasteiger partial charge in [0.2, 0.25) is 0 Å². The Bertz CT molecular complexity index is 173. The van der Waals surface area contributed by atoms with Gasteiger partial charge in [-0.05, 0) is 25.2 Å². The molecule has 0 bridgehead atoms. The lowest BCUT2D eigenvalue weighted by Crippen LogP contribution is -2.15. The smallest absolute Gasteiger partial charge is 0.306 e. The van der Waals surface area contributed by atoms with Gasteiger partial charge in [0.1, 0.15) is 0 Å². The van der Waals surface area contributed by atoms with Gasteiger partial charge < -0.3 is 5.11 Å². The topological polar surface area (TPSA) is 37.3 Å². The molecule has 0 aliphatic heterocycles. The zero-order valence-corrected chi connectivity index (χ0v) is 9.17. The van der Waals surface area contributed by atoms with Crippen molar-refractivity contribution in [3.63, 3.8) is 0 Å². The molecule has 1 N–H and O–H groups in total. The Morgan fingerprint density at radius 3 is 2.43 bits per heavy atom. The standard InChI is InChI=1S/C12H22O2/c1-2-3-4-5-6-7-11(12(13)14)10-8-9-10/h10-11H,2-9H2,1H3,(H,13,14). The molecule has 1 fully saturated rings. The number of unbranched alkanes of at least 4 members (excludes halogenated alkanes) is 4. The summed E-state index contributed by atoms with van der Waals surface area (Å²) in [7, 11) is 0. The van der Waals surface area contributed by atoms with Crippen LogP contribution in [0.5, 0.6) is 0 Å². The minimum atomic E-state index is -0.567. The summed E-state index contributed by atoms with van der Waals surface area (Å²) in [6, 6.07) is 0. The summed E-state index contributed by atoms with van der Waals surface area (Å²) in [6.45, 7) is 2.20. The average Bonchev–Trinajstić information content (AvgIpc) is 2.94. The molecule has 82 valence electrons. The first kappa shape index (κ1) is 11.5. The maximum Gasteiger partial charge on any atom is 0.306 e. The molecular weight excluding hydrogens is 176 g/mol. The van der Waals surface area contributed by atoms with Crippen molar-refractivity contribution >= 4 is 5.97 Å². The Labute approximate surface area is 86.7 Å². The Kier molecular flexibility index (Phi) is 4.99. The number of carbonyl (C=O) groups is 1. The maximum atomic E-state index is 10.9. The molecule has 2 heteroatoms. The highest BCUT2D eigenvalue weighted by molar-refractivity contribution is 5.70. The first-order valence-electron chi connectivity index (χ1n) is 5.98. The van der Waals surface area contributed by atoms with E-state index in [4.69, 9.17) is 5.11 Å². The first-order valence-corrected chi connectivity index (χ1v) is 5.98. The van der Waals surface area contributed by atoms with Crippen molar-refractivity contribution in [3.8, 4) is 0 Å².